The van der Waals surface area contributed by atoms with Crippen molar-refractivity contribution in [1.82, 2.24) is 4.98 Å². The van der Waals surface area contributed by atoms with Gasteiger partial charge in [0.05, 0.1) is 6.10 Å². The number of rotatable bonds is 5. The van der Waals surface area contributed by atoms with E-state index in [9.17, 15) is 18.3 Å². The molecule has 0 fully saturated rings. The number of aliphatic hydroxyl groups is 1. The van der Waals surface area contributed by atoms with Gasteiger partial charge in [-0.05, 0) is 37.0 Å². The van der Waals surface area contributed by atoms with Crippen LogP contribution in [-0.4, -0.2) is 22.4 Å². The van der Waals surface area contributed by atoms with Crippen LogP contribution in [0.5, 0.6) is 0 Å². The largest absolute Gasteiger partial charge is 0.393 e. The number of pyridine rings is 1. The smallest absolute Gasteiger partial charge is 0.389 e. The number of hydrogen-bond acceptors (Lipinski definition) is 2. The van der Waals surface area contributed by atoms with E-state index in [1.807, 2.05) is 0 Å². The lowest BCUT2D eigenvalue weighted by atomic mass is 10.0. The topological polar surface area (TPSA) is 33.1 Å². The summed E-state index contributed by atoms with van der Waals surface area (Å²) >= 11 is 0. The van der Waals surface area contributed by atoms with Crippen molar-refractivity contribution in [2.45, 2.75) is 38.0 Å². The fourth-order valence-electron chi connectivity index (χ4n) is 1.43. The number of aliphatic hydroxyl groups excluding tert-OH is 1. The minimum atomic E-state index is -4.13. The van der Waals surface area contributed by atoms with Gasteiger partial charge in [-0.3, -0.25) is 4.98 Å². The molecule has 0 aliphatic rings. The maximum absolute atomic E-state index is 11.8. The molecule has 0 aliphatic carbocycles. The third-order valence-electron chi connectivity index (χ3n) is 2.22. The summed E-state index contributed by atoms with van der Waals surface area (Å²) in [6, 6.07) is 3.49. The van der Waals surface area contributed by atoms with Gasteiger partial charge in [0, 0.05) is 18.8 Å². The summed E-state index contributed by atoms with van der Waals surface area (Å²) < 4.78 is 35.5. The van der Waals surface area contributed by atoms with Gasteiger partial charge in [-0.2, -0.15) is 13.2 Å². The molecule has 1 heterocycles. The fourth-order valence-corrected chi connectivity index (χ4v) is 1.43. The van der Waals surface area contributed by atoms with Gasteiger partial charge in [0.15, 0.2) is 0 Å². The van der Waals surface area contributed by atoms with E-state index in [2.05, 4.69) is 4.98 Å². The fraction of sp³-hybridized carbons (Fsp3) is 0.545. The Morgan fingerprint density at radius 2 is 1.88 bits per heavy atom. The van der Waals surface area contributed by atoms with Crippen LogP contribution in [0, 0.1) is 0 Å². The van der Waals surface area contributed by atoms with Crippen LogP contribution in [0.2, 0.25) is 0 Å². The van der Waals surface area contributed by atoms with Crippen molar-refractivity contribution in [3.63, 3.8) is 0 Å². The Bertz CT molecular complexity index is 300. The van der Waals surface area contributed by atoms with Gasteiger partial charge in [0.2, 0.25) is 0 Å². The normalized spacial score (nSPS) is 13.8. The van der Waals surface area contributed by atoms with Crippen LogP contribution in [-0.2, 0) is 6.42 Å². The SMILES string of the molecule is OC(CCCC(F)(F)F)Cc1ccncc1. The molecule has 90 valence electrons. The molecule has 1 aromatic heterocycles. The lowest BCUT2D eigenvalue weighted by molar-refractivity contribution is -0.136. The van der Waals surface area contributed by atoms with Crippen molar-refractivity contribution in [2.24, 2.45) is 0 Å². The summed E-state index contributed by atoms with van der Waals surface area (Å²) in [5.74, 6) is 0. The van der Waals surface area contributed by atoms with Crippen LogP contribution in [0.3, 0.4) is 0 Å². The maximum Gasteiger partial charge on any atom is 0.389 e. The number of halogens is 3. The summed E-state index contributed by atoms with van der Waals surface area (Å²) in [5.41, 5.74) is 0.884. The Hall–Kier alpha value is -1.10. The number of alkyl halides is 3. The number of hydrogen-bond donors (Lipinski definition) is 1. The number of nitrogens with zero attached hydrogens (tertiary/aromatic N) is 1. The molecule has 16 heavy (non-hydrogen) atoms. The summed E-state index contributed by atoms with van der Waals surface area (Å²) in [6.07, 6.45) is -1.98. The minimum Gasteiger partial charge on any atom is -0.393 e. The molecule has 0 saturated heterocycles. The average molecular weight is 233 g/mol. The molecular formula is C11H14F3NO. The van der Waals surface area contributed by atoms with Gasteiger partial charge in [0.1, 0.15) is 0 Å². The average Bonchev–Trinajstić information content (AvgIpc) is 2.17. The molecule has 5 heteroatoms. The zero-order valence-corrected chi connectivity index (χ0v) is 8.74. The van der Waals surface area contributed by atoms with Crippen LogP contribution >= 0.6 is 0 Å². The second-order valence-corrected chi connectivity index (χ2v) is 3.72. The van der Waals surface area contributed by atoms with E-state index in [4.69, 9.17) is 0 Å². The summed E-state index contributed by atoms with van der Waals surface area (Å²) in [4.78, 5) is 3.82. The highest BCUT2D eigenvalue weighted by Gasteiger charge is 2.26. The Balaban J connectivity index is 2.24. The standard InChI is InChI=1S/C11H14F3NO/c12-11(13,14)5-1-2-10(16)8-9-3-6-15-7-4-9/h3-4,6-7,10,16H,1-2,5,8H2. The molecular weight excluding hydrogens is 219 g/mol. The molecule has 0 spiro atoms. The first kappa shape index (κ1) is 13.0. The van der Waals surface area contributed by atoms with Crippen LogP contribution in [0.15, 0.2) is 24.5 Å². The molecule has 0 bridgehead atoms. The van der Waals surface area contributed by atoms with Gasteiger partial charge < -0.3 is 5.11 Å². The van der Waals surface area contributed by atoms with Crippen molar-refractivity contribution in [3.8, 4) is 0 Å². The molecule has 1 N–H and O–H groups in total. The summed E-state index contributed by atoms with van der Waals surface area (Å²) in [7, 11) is 0. The number of aromatic nitrogens is 1. The second kappa shape index (κ2) is 5.84. The molecule has 0 radical (unpaired) electrons. The zero-order chi connectivity index (χ0) is 12.0. The van der Waals surface area contributed by atoms with E-state index in [1.54, 1.807) is 24.5 Å². The minimum absolute atomic E-state index is 0.0320. The molecule has 0 aliphatic heterocycles. The molecule has 1 rings (SSSR count). The van der Waals surface area contributed by atoms with Crippen LogP contribution in [0.25, 0.3) is 0 Å². The van der Waals surface area contributed by atoms with Crippen molar-refractivity contribution in [1.29, 1.82) is 0 Å². The molecule has 0 saturated carbocycles. The van der Waals surface area contributed by atoms with E-state index < -0.39 is 18.7 Å². The maximum atomic E-state index is 11.8. The van der Waals surface area contributed by atoms with Crippen LogP contribution in [0.4, 0.5) is 13.2 Å². The molecule has 1 aromatic rings. The van der Waals surface area contributed by atoms with Gasteiger partial charge in [-0.25, -0.2) is 0 Å². The van der Waals surface area contributed by atoms with Crippen molar-refractivity contribution < 1.29 is 18.3 Å². The van der Waals surface area contributed by atoms with E-state index in [0.717, 1.165) is 5.56 Å². The summed E-state index contributed by atoms with van der Waals surface area (Å²) in [6.45, 7) is 0. The molecule has 0 amide bonds. The third-order valence-corrected chi connectivity index (χ3v) is 2.22. The second-order valence-electron chi connectivity index (χ2n) is 3.72. The monoisotopic (exact) mass is 233 g/mol. The highest BCUT2D eigenvalue weighted by molar-refractivity contribution is 5.10. The third kappa shape index (κ3) is 5.70. The summed E-state index contributed by atoms with van der Waals surface area (Å²) in [5, 5.41) is 9.51. The van der Waals surface area contributed by atoms with Gasteiger partial charge in [0.25, 0.3) is 0 Å². The zero-order valence-electron chi connectivity index (χ0n) is 8.74. The first-order valence-electron chi connectivity index (χ1n) is 5.11. The van der Waals surface area contributed by atoms with E-state index in [-0.39, 0.29) is 12.8 Å². The highest BCUT2D eigenvalue weighted by atomic mass is 19.4. The lowest BCUT2D eigenvalue weighted by Crippen LogP contribution is -2.13. The van der Waals surface area contributed by atoms with Gasteiger partial charge in [-0.1, -0.05) is 0 Å². The molecule has 2 nitrogen and oxygen atoms in total. The quantitative estimate of drug-likeness (QED) is 0.848. The van der Waals surface area contributed by atoms with Crippen LogP contribution < -0.4 is 0 Å². The van der Waals surface area contributed by atoms with E-state index in [0.29, 0.717) is 6.42 Å². The first-order valence-corrected chi connectivity index (χ1v) is 5.11. The van der Waals surface area contributed by atoms with E-state index >= 15 is 0 Å². The molecule has 1 atom stereocenters. The van der Waals surface area contributed by atoms with Crippen molar-refractivity contribution in [2.75, 3.05) is 0 Å². The van der Waals surface area contributed by atoms with Gasteiger partial charge in [-0.15, -0.1) is 0 Å². The van der Waals surface area contributed by atoms with Crippen molar-refractivity contribution >= 4 is 0 Å². The predicted octanol–water partition coefficient (Wildman–Crippen LogP) is 2.72. The Labute approximate surface area is 92.1 Å². The Morgan fingerprint density at radius 1 is 1.25 bits per heavy atom. The first-order chi connectivity index (χ1) is 7.47. The predicted molar refractivity (Wildman–Crippen MR) is 53.9 cm³/mol. The highest BCUT2D eigenvalue weighted by Crippen LogP contribution is 2.23. The van der Waals surface area contributed by atoms with Gasteiger partial charge >= 0.3 is 6.18 Å². The van der Waals surface area contributed by atoms with Crippen LogP contribution in [0.1, 0.15) is 24.8 Å². The Kier molecular flexibility index (Phi) is 4.73. The van der Waals surface area contributed by atoms with E-state index in [1.165, 1.54) is 0 Å². The van der Waals surface area contributed by atoms with Crippen molar-refractivity contribution in [3.05, 3.63) is 30.1 Å². The lowest BCUT2D eigenvalue weighted by Gasteiger charge is -2.11. The molecule has 1 unspecified atom stereocenters. The Morgan fingerprint density at radius 3 is 2.44 bits per heavy atom. The molecule has 0 aromatic carbocycles.